The van der Waals surface area contributed by atoms with Crippen molar-refractivity contribution in [3.05, 3.63) is 53.4 Å². The van der Waals surface area contributed by atoms with Crippen molar-refractivity contribution in [3.8, 4) is 11.5 Å². The largest absolute Gasteiger partial charge is 0.497 e. The SMILES string of the molecule is COc1ccc(OCc2cc3cccc(N)c3s2)cc1. The summed E-state index contributed by atoms with van der Waals surface area (Å²) in [5, 5.41) is 1.17. The molecular formula is C16H15NO2S. The summed E-state index contributed by atoms with van der Waals surface area (Å²) in [7, 11) is 1.65. The van der Waals surface area contributed by atoms with E-state index in [9.17, 15) is 0 Å². The van der Waals surface area contributed by atoms with E-state index in [1.54, 1.807) is 18.4 Å². The Labute approximate surface area is 121 Å². The number of thiophene rings is 1. The second-order valence-electron chi connectivity index (χ2n) is 4.44. The Morgan fingerprint density at radius 3 is 2.50 bits per heavy atom. The highest BCUT2D eigenvalue weighted by Gasteiger charge is 2.05. The summed E-state index contributed by atoms with van der Waals surface area (Å²) in [5.74, 6) is 1.66. The third kappa shape index (κ3) is 2.56. The first-order valence-electron chi connectivity index (χ1n) is 6.30. The highest BCUT2D eigenvalue weighted by atomic mass is 32.1. The van der Waals surface area contributed by atoms with Crippen LogP contribution < -0.4 is 15.2 Å². The van der Waals surface area contributed by atoms with Crippen molar-refractivity contribution in [1.82, 2.24) is 0 Å². The van der Waals surface area contributed by atoms with Crippen molar-refractivity contribution < 1.29 is 9.47 Å². The predicted molar refractivity (Wildman–Crippen MR) is 83.6 cm³/mol. The van der Waals surface area contributed by atoms with Gasteiger partial charge in [0.2, 0.25) is 0 Å². The van der Waals surface area contributed by atoms with Crippen LogP contribution in [0, 0.1) is 0 Å². The second-order valence-corrected chi connectivity index (χ2v) is 5.58. The molecule has 0 fully saturated rings. The Morgan fingerprint density at radius 2 is 1.80 bits per heavy atom. The van der Waals surface area contributed by atoms with Crippen molar-refractivity contribution in [2.45, 2.75) is 6.61 Å². The first-order valence-corrected chi connectivity index (χ1v) is 7.11. The number of rotatable bonds is 4. The number of methoxy groups -OCH3 is 1. The quantitative estimate of drug-likeness (QED) is 0.735. The maximum absolute atomic E-state index is 5.96. The van der Waals surface area contributed by atoms with Crippen LogP contribution in [0.25, 0.3) is 10.1 Å². The lowest BCUT2D eigenvalue weighted by atomic mass is 10.2. The number of nitrogen functional groups attached to an aromatic ring is 1. The monoisotopic (exact) mass is 285 g/mol. The van der Waals surface area contributed by atoms with Crippen molar-refractivity contribution in [2.75, 3.05) is 12.8 Å². The Hall–Kier alpha value is -2.20. The molecule has 3 nitrogen and oxygen atoms in total. The minimum atomic E-state index is 0.547. The van der Waals surface area contributed by atoms with Crippen molar-refractivity contribution in [3.63, 3.8) is 0 Å². The number of nitrogens with two attached hydrogens (primary N) is 1. The van der Waals surface area contributed by atoms with Gasteiger partial charge in [-0.1, -0.05) is 12.1 Å². The maximum atomic E-state index is 5.96. The zero-order chi connectivity index (χ0) is 13.9. The molecule has 0 atom stereocenters. The topological polar surface area (TPSA) is 44.5 Å². The molecule has 1 heterocycles. The Balaban J connectivity index is 1.74. The molecule has 0 saturated heterocycles. The Morgan fingerprint density at radius 1 is 1.05 bits per heavy atom. The fourth-order valence-corrected chi connectivity index (χ4v) is 3.03. The predicted octanol–water partition coefficient (Wildman–Crippen LogP) is 4.07. The zero-order valence-electron chi connectivity index (χ0n) is 11.1. The van der Waals surface area contributed by atoms with E-state index in [0.717, 1.165) is 26.8 Å². The average molecular weight is 285 g/mol. The van der Waals surface area contributed by atoms with Gasteiger partial charge in [0.15, 0.2) is 0 Å². The summed E-state index contributed by atoms with van der Waals surface area (Å²) in [4.78, 5) is 1.16. The van der Waals surface area contributed by atoms with Gasteiger partial charge in [0.1, 0.15) is 18.1 Å². The van der Waals surface area contributed by atoms with E-state index in [-0.39, 0.29) is 0 Å². The van der Waals surface area contributed by atoms with Gasteiger partial charge in [-0.3, -0.25) is 0 Å². The van der Waals surface area contributed by atoms with Crippen LogP contribution in [0.4, 0.5) is 5.69 Å². The average Bonchev–Trinajstić information content (AvgIpc) is 2.90. The van der Waals surface area contributed by atoms with Crippen LogP contribution in [-0.4, -0.2) is 7.11 Å². The van der Waals surface area contributed by atoms with E-state index in [4.69, 9.17) is 15.2 Å². The highest BCUT2D eigenvalue weighted by molar-refractivity contribution is 7.19. The summed E-state index contributed by atoms with van der Waals surface area (Å²) < 4.78 is 12.0. The first kappa shape index (κ1) is 12.8. The molecule has 0 aliphatic heterocycles. The summed E-state index contributed by atoms with van der Waals surface area (Å²) in [6.07, 6.45) is 0. The molecule has 0 saturated carbocycles. The van der Waals surface area contributed by atoms with E-state index < -0.39 is 0 Å². The van der Waals surface area contributed by atoms with E-state index >= 15 is 0 Å². The number of ether oxygens (including phenoxy) is 2. The van der Waals surface area contributed by atoms with Crippen molar-refractivity contribution in [1.29, 1.82) is 0 Å². The summed E-state index contributed by atoms with van der Waals surface area (Å²) in [6.45, 7) is 0.547. The summed E-state index contributed by atoms with van der Waals surface area (Å²) in [6, 6.07) is 15.7. The van der Waals surface area contributed by atoms with Crippen LogP contribution >= 0.6 is 11.3 Å². The summed E-state index contributed by atoms with van der Waals surface area (Å²) in [5.41, 5.74) is 6.79. The van der Waals surface area contributed by atoms with Crippen molar-refractivity contribution in [2.24, 2.45) is 0 Å². The van der Waals surface area contributed by atoms with Crippen LogP contribution in [0.2, 0.25) is 0 Å². The summed E-state index contributed by atoms with van der Waals surface area (Å²) >= 11 is 1.68. The Bertz CT molecular complexity index is 719. The van der Waals surface area contributed by atoms with Crippen LogP contribution in [-0.2, 0) is 6.61 Å². The minimum Gasteiger partial charge on any atom is -0.497 e. The normalized spacial score (nSPS) is 10.7. The molecule has 0 radical (unpaired) electrons. The van der Waals surface area contributed by atoms with Crippen molar-refractivity contribution >= 4 is 27.1 Å². The van der Waals surface area contributed by atoms with Gasteiger partial charge in [-0.15, -0.1) is 11.3 Å². The fraction of sp³-hybridized carbons (Fsp3) is 0.125. The number of hydrogen-bond donors (Lipinski definition) is 1. The first-order chi connectivity index (χ1) is 9.76. The fourth-order valence-electron chi connectivity index (χ4n) is 2.04. The molecule has 1 aromatic heterocycles. The van der Waals surface area contributed by atoms with Crippen LogP contribution in [0.3, 0.4) is 0 Å². The minimum absolute atomic E-state index is 0.547. The lowest BCUT2D eigenvalue weighted by molar-refractivity contribution is 0.309. The highest BCUT2D eigenvalue weighted by Crippen LogP contribution is 2.31. The van der Waals surface area contributed by atoms with Crippen LogP contribution in [0.15, 0.2) is 48.5 Å². The lowest BCUT2D eigenvalue weighted by Gasteiger charge is -2.05. The van der Waals surface area contributed by atoms with Crippen LogP contribution in [0.1, 0.15) is 4.88 Å². The van der Waals surface area contributed by atoms with E-state index in [1.807, 2.05) is 36.4 Å². The van der Waals surface area contributed by atoms with Gasteiger partial charge in [-0.2, -0.15) is 0 Å². The van der Waals surface area contributed by atoms with Gasteiger partial charge in [0.25, 0.3) is 0 Å². The van der Waals surface area contributed by atoms with E-state index in [2.05, 4.69) is 12.1 Å². The molecule has 2 N–H and O–H groups in total. The van der Waals surface area contributed by atoms with Crippen LogP contribution in [0.5, 0.6) is 11.5 Å². The van der Waals surface area contributed by atoms with Gasteiger partial charge in [-0.25, -0.2) is 0 Å². The molecule has 0 aliphatic rings. The Kier molecular flexibility index (Phi) is 3.48. The van der Waals surface area contributed by atoms with E-state index in [1.165, 1.54) is 5.39 Å². The molecule has 3 aromatic rings. The number of fused-ring (bicyclic) bond motifs is 1. The third-order valence-electron chi connectivity index (χ3n) is 3.07. The van der Waals surface area contributed by atoms with Gasteiger partial charge < -0.3 is 15.2 Å². The number of benzene rings is 2. The molecule has 0 spiro atoms. The van der Waals surface area contributed by atoms with Gasteiger partial charge >= 0.3 is 0 Å². The molecule has 2 aromatic carbocycles. The van der Waals surface area contributed by atoms with Gasteiger partial charge in [0.05, 0.1) is 11.8 Å². The molecule has 0 amide bonds. The molecule has 4 heteroatoms. The second kappa shape index (κ2) is 5.43. The maximum Gasteiger partial charge on any atom is 0.122 e. The molecule has 20 heavy (non-hydrogen) atoms. The molecule has 3 rings (SSSR count). The standard InChI is InChI=1S/C16H15NO2S/c1-18-12-5-7-13(8-6-12)19-10-14-9-11-3-2-4-15(17)16(11)20-14/h2-9H,10,17H2,1H3. The van der Waals surface area contributed by atoms with Gasteiger partial charge in [0, 0.05) is 10.6 Å². The number of anilines is 1. The molecule has 0 bridgehead atoms. The lowest BCUT2D eigenvalue weighted by Crippen LogP contribution is -1.92. The molecule has 0 aliphatic carbocycles. The molecule has 0 unspecified atom stereocenters. The zero-order valence-corrected chi connectivity index (χ0v) is 11.9. The van der Waals surface area contributed by atoms with E-state index in [0.29, 0.717) is 6.61 Å². The third-order valence-corrected chi connectivity index (χ3v) is 4.24. The van der Waals surface area contributed by atoms with Gasteiger partial charge in [-0.05, 0) is 41.8 Å². The molecular weight excluding hydrogens is 270 g/mol. The smallest absolute Gasteiger partial charge is 0.122 e. The molecule has 102 valence electrons. The number of hydrogen-bond acceptors (Lipinski definition) is 4.